The zero-order valence-corrected chi connectivity index (χ0v) is 42.9. The topological polar surface area (TPSA) is 78.9 Å². The van der Waals surface area contributed by atoms with Crippen molar-refractivity contribution >= 4 is 17.9 Å². The van der Waals surface area contributed by atoms with Crippen LogP contribution in [0.25, 0.3) is 0 Å². The van der Waals surface area contributed by atoms with Crippen LogP contribution in [-0.2, 0) is 28.6 Å². The summed E-state index contributed by atoms with van der Waals surface area (Å²) in [5.41, 5.74) is 0. The zero-order valence-electron chi connectivity index (χ0n) is 42.9. The summed E-state index contributed by atoms with van der Waals surface area (Å²) >= 11 is 0. The van der Waals surface area contributed by atoms with Gasteiger partial charge >= 0.3 is 17.9 Å². The Morgan fingerprint density at radius 3 is 0.985 bits per heavy atom. The molecule has 0 aromatic rings. The Morgan fingerprint density at radius 1 is 0.318 bits per heavy atom. The van der Waals surface area contributed by atoms with E-state index < -0.39 is 12.1 Å². The van der Waals surface area contributed by atoms with Crippen molar-refractivity contribution in [3.8, 4) is 0 Å². The van der Waals surface area contributed by atoms with E-state index in [0.29, 0.717) is 19.3 Å². The van der Waals surface area contributed by atoms with Gasteiger partial charge in [0.25, 0.3) is 0 Å². The van der Waals surface area contributed by atoms with Crippen LogP contribution in [0.5, 0.6) is 0 Å². The molecule has 0 bridgehead atoms. The third-order valence-corrected chi connectivity index (χ3v) is 11.3. The molecule has 0 fully saturated rings. The van der Waals surface area contributed by atoms with E-state index in [1.807, 2.05) is 12.2 Å². The van der Waals surface area contributed by atoms with E-state index in [0.717, 1.165) is 103 Å². The molecule has 376 valence electrons. The Morgan fingerprint density at radius 2 is 0.621 bits per heavy atom. The maximum atomic E-state index is 12.8. The Bertz CT molecular complexity index is 1330. The number of allylic oxidation sites excluding steroid dienone is 16. The summed E-state index contributed by atoms with van der Waals surface area (Å²) in [4.78, 5) is 38.0. The summed E-state index contributed by atoms with van der Waals surface area (Å²) in [6.07, 6.45) is 71.2. The molecule has 1 unspecified atom stereocenters. The molecule has 0 aliphatic rings. The quantitative estimate of drug-likeness (QED) is 0.0262. The van der Waals surface area contributed by atoms with Crippen molar-refractivity contribution in [3.05, 3.63) is 97.2 Å². The molecule has 0 aliphatic heterocycles. The molecule has 6 heteroatoms. The van der Waals surface area contributed by atoms with Gasteiger partial charge < -0.3 is 14.2 Å². The Hall–Kier alpha value is -3.67. The third-order valence-electron chi connectivity index (χ3n) is 11.3. The van der Waals surface area contributed by atoms with Crippen LogP contribution in [0.4, 0.5) is 0 Å². The van der Waals surface area contributed by atoms with Gasteiger partial charge in [0, 0.05) is 19.3 Å². The number of hydrogen-bond acceptors (Lipinski definition) is 6. The fourth-order valence-corrected chi connectivity index (χ4v) is 7.33. The van der Waals surface area contributed by atoms with E-state index in [1.165, 1.54) is 96.3 Å². The first kappa shape index (κ1) is 62.3. The molecule has 0 aromatic heterocycles. The smallest absolute Gasteiger partial charge is 0.306 e. The molecule has 0 rings (SSSR count). The number of carbonyl (C=O) groups excluding carboxylic acids is 3. The van der Waals surface area contributed by atoms with Crippen molar-refractivity contribution in [2.75, 3.05) is 13.2 Å². The number of ether oxygens (including phenoxy) is 3. The molecule has 0 amide bonds. The molecular weight excluding hydrogens is 817 g/mol. The first-order valence-electron chi connectivity index (χ1n) is 27.2. The molecule has 0 spiro atoms. The fraction of sp³-hybridized carbons (Fsp3) is 0.683. The maximum Gasteiger partial charge on any atom is 0.306 e. The number of carbonyl (C=O) groups is 3. The number of esters is 3. The van der Waals surface area contributed by atoms with Crippen LogP contribution in [0.3, 0.4) is 0 Å². The lowest BCUT2D eigenvalue weighted by molar-refractivity contribution is -0.166. The van der Waals surface area contributed by atoms with E-state index in [1.54, 1.807) is 0 Å². The average molecular weight is 917 g/mol. The van der Waals surface area contributed by atoms with Crippen LogP contribution >= 0.6 is 0 Å². The molecule has 0 saturated heterocycles. The molecule has 0 aromatic carbocycles. The number of unbranched alkanes of at least 4 members (excludes halogenated alkanes) is 21. The van der Waals surface area contributed by atoms with Gasteiger partial charge in [-0.2, -0.15) is 0 Å². The normalized spacial score (nSPS) is 12.8. The first-order valence-corrected chi connectivity index (χ1v) is 27.2. The highest BCUT2D eigenvalue weighted by molar-refractivity contribution is 5.71. The summed E-state index contributed by atoms with van der Waals surface area (Å²) in [6.45, 7) is 6.34. The lowest BCUT2D eigenvalue weighted by atomic mass is 10.0. The predicted molar refractivity (Wildman–Crippen MR) is 284 cm³/mol. The van der Waals surface area contributed by atoms with Gasteiger partial charge in [0.05, 0.1) is 0 Å². The van der Waals surface area contributed by atoms with Crippen LogP contribution < -0.4 is 0 Å². The van der Waals surface area contributed by atoms with Crippen molar-refractivity contribution in [1.82, 2.24) is 0 Å². The summed E-state index contributed by atoms with van der Waals surface area (Å²) < 4.78 is 16.7. The van der Waals surface area contributed by atoms with Crippen molar-refractivity contribution in [2.45, 2.75) is 252 Å². The Balaban J connectivity index is 4.49. The summed E-state index contributed by atoms with van der Waals surface area (Å²) in [7, 11) is 0. The van der Waals surface area contributed by atoms with Crippen molar-refractivity contribution in [1.29, 1.82) is 0 Å². The van der Waals surface area contributed by atoms with E-state index in [4.69, 9.17) is 14.2 Å². The van der Waals surface area contributed by atoms with Gasteiger partial charge in [-0.15, -0.1) is 0 Å². The molecule has 6 nitrogen and oxygen atoms in total. The summed E-state index contributed by atoms with van der Waals surface area (Å²) in [6, 6.07) is 0. The average Bonchev–Trinajstić information content (AvgIpc) is 3.31. The molecule has 0 N–H and O–H groups in total. The highest BCUT2D eigenvalue weighted by atomic mass is 16.6. The Kier molecular flexibility index (Phi) is 50.9. The van der Waals surface area contributed by atoms with Gasteiger partial charge in [0.2, 0.25) is 0 Å². The number of hydrogen-bond donors (Lipinski definition) is 0. The molecule has 0 radical (unpaired) electrons. The van der Waals surface area contributed by atoms with Gasteiger partial charge in [-0.1, -0.05) is 240 Å². The van der Waals surface area contributed by atoms with Crippen LogP contribution in [-0.4, -0.2) is 37.2 Å². The Labute approximate surface area is 407 Å². The second-order valence-corrected chi connectivity index (χ2v) is 17.7. The van der Waals surface area contributed by atoms with Gasteiger partial charge in [-0.25, -0.2) is 0 Å². The molecule has 0 aliphatic carbocycles. The second kappa shape index (κ2) is 53.9. The van der Waals surface area contributed by atoms with E-state index >= 15 is 0 Å². The van der Waals surface area contributed by atoms with Crippen molar-refractivity contribution in [3.63, 3.8) is 0 Å². The van der Waals surface area contributed by atoms with Crippen LogP contribution in [0, 0.1) is 0 Å². The maximum absolute atomic E-state index is 12.8. The molecule has 0 saturated carbocycles. The SMILES string of the molecule is CC/C=C\C/C=C\C/C=C\C/C=C\C/C=C\CCC(=O)OC(COC(=O)CCCCCC/C=C\C/C=C\C/C=C\CC)COC(=O)CCCCCCCCCCCCCCCCCCCC. The minimum Gasteiger partial charge on any atom is -0.462 e. The van der Waals surface area contributed by atoms with Gasteiger partial charge in [0.1, 0.15) is 13.2 Å². The lowest BCUT2D eigenvalue weighted by Crippen LogP contribution is -2.30. The highest BCUT2D eigenvalue weighted by Crippen LogP contribution is 2.15. The molecule has 0 heterocycles. The first-order chi connectivity index (χ1) is 32.5. The second-order valence-electron chi connectivity index (χ2n) is 17.7. The lowest BCUT2D eigenvalue weighted by Gasteiger charge is -2.18. The van der Waals surface area contributed by atoms with E-state index in [9.17, 15) is 14.4 Å². The minimum atomic E-state index is -0.825. The number of rotatable bonds is 48. The molecule has 1 atom stereocenters. The summed E-state index contributed by atoms with van der Waals surface area (Å²) in [5.74, 6) is -1.02. The fourth-order valence-electron chi connectivity index (χ4n) is 7.33. The van der Waals surface area contributed by atoms with Gasteiger partial charge in [-0.3, -0.25) is 14.4 Å². The summed E-state index contributed by atoms with van der Waals surface area (Å²) in [5, 5.41) is 0. The molecular formula is C60H100O6. The highest BCUT2D eigenvalue weighted by Gasteiger charge is 2.19. The van der Waals surface area contributed by atoms with Crippen molar-refractivity contribution in [2.24, 2.45) is 0 Å². The monoisotopic (exact) mass is 917 g/mol. The standard InChI is InChI=1S/C60H100O6/c1-4-7-10-13-16-19-22-25-28-30-31-33-35-38-41-44-47-50-53-59(62)65-56-57(55-64-58(61)52-49-46-43-40-37-34-27-24-21-18-15-12-9-6-3)66-60(63)54-51-48-45-42-39-36-32-29-26-23-20-17-14-11-8-5-2/h8-9,11-12,17-18,20-21,26-27,29,34,36,39,45,48,57H,4-7,10,13-16,19,22-25,28,30-33,35,37-38,40-44,46-47,49-56H2,1-3H3/b11-8-,12-9-,20-17-,21-18-,29-26-,34-27-,39-36-,48-45-. The van der Waals surface area contributed by atoms with Gasteiger partial charge in [0.15, 0.2) is 6.10 Å². The largest absolute Gasteiger partial charge is 0.462 e. The predicted octanol–water partition coefficient (Wildman–Crippen LogP) is 18.1. The minimum absolute atomic E-state index is 0.113. The van der Waals surface area contributed by atoms with E-state index in [2.05, 4.69) is 106 Å². The van der Waals surface area contributed by atoms with Gasteiger partial charge in [-0.05, 0) is 83.5 Å². The zero-order chi connectivity index (χ0) is 47.9. The molecule has 66 heavy (non-hydrogen) atoms. The third kappa shape index (κ3) is 51.3. The van der Waals surface area contributed by atoms with Crippen LogP contribution in [0.1, 0.15) is 245 Å². The van der Waals surface area contributed by atoms with Crippen LogP contribution in [0.2, 0.25) is 0 Å². The van der Waals surface area contributed by atoms with Crippen LogP contribution in [0.15, 0.2) is 97.2 Å². The van der Waals surface area contributed by atoms with Crippen molar-refractivity contribution < 1.29 is 28.6 Å². The van der Waals surface area contributed by atoms with E-state index in [-0.39, 0.29) is 31.6 Å².